The number of amides is 1. The lowest BCUT2D eigenvalue weighted by molar-refractivity contribution is -0.116. The van der Waals surface area contributed by atoms with Gasteiger partial charge in [-0.25, -0.2) is 0 Å². The highest BCUT2D eigenvalue weighted by molar-refractivity contribution is 5.90. The predicted molar refractivity (Wildman–Crippen MR) is 133 cm³/mol. The van der Waals surface area contributed by atoms with E-state index in [9.17, 15) is 9.90 Å². The van der Waals surface area contributed by atoms with Crippen molar-refractivity contribution in [2.24, 2.45) is 23.2 Å². The van der Waals surface area contributed by atoms with Gasteiger partial charge < -0.3 is 20.1 Å². The SMILES string of the molecule is CN(C)CCC(=O)Nc1ccc(O[C@H]2CC34CC3CCC4C3CCc4cc(O)ccc4[C@H]32)cc1. The van der Waals surface area contributed by atoms with E-state index in [-0.39, 0.29) is 12.0 Å². The minimum atomic E-state index is 0.0331. The number of carbonyl (C=O) groups is 1. The van der Waals surface area contributed by atoms with Gasteiger partial charge in [-0.3, -0.25) is 4.79 Å². The zero-order chi connectivity index (χ0) is 23.4. The summed E-state index contributed by atoms with van der Waals surface area (Å²) in [7, 11) is 3.94. The highest BCUT2D eigenvalue weighted by atomic mass is 16.5. The van der Waals surface area contributed by atoms with Gasteiger partial charge >= 0.3 is 0 Å². The second kappa shape index (κ2) is 8.30. The Morgan fingerprint density at radius 1 is 1.12 bits per heavy atom. The molecule has 5 heteroatoms. The molecule has 0 radical (unpaired) electrons. The van der Waals surface area contributed by atoms with Crippen LogP contribution < -0.4 is 10.1 Å². The van der Waals surface area contributed by atoms with E-state index in [2.05, 4.69) is 11.4 Å². The topological polar surface area (TPSA) is 61.8 Å². The van der Waals surface area contributed by atoms with Crippen LogP contribution in [0.4, 0.5) is 5.69 Å². The first-order valence-electron chi connectivity index (χ1n) is 13.0. The number of anilines is 1. The van der Waals surface area contributed by atoms with Gasteiger partial charge in [-0.15, -0.1) is 0 Å². The van der Waals surface area contributed by atoms with Crippen LogP contribution >= 0.6 is 0 Å². The number of hydrogen-bond acceptors (Lipinski definition) is 4. The van der Waals surface area contributed by atoms with Crippen LogP contribution in [-0.4, -0.2) is 42.7 Å². The van der Waals surface area contributed by atoms with E-state index >= 15 is 0 Å². The average Bonchev–Trinajstić information content (AvgIpc) is 3.38. The normalized spacial score (nSPS) is 32.9. The van der Waals surface area contributed by atoms with Gasteiger partial charge in [0.15, 0.2) is 0 Å². The molecule has 0 heterocycles. The van der Waals surface area contributed by atoms with Crippen molar-refractivity contribution in [3.63, 3.8) is 0 Å². The van der Waals surface area contributed by atoms with Crippen LogP contribution in [0, 0.1) is 23.2 Å². The number of rotatable bonds is 6. The Hall–Kier alpha value is -2.53. The summed E-state index contributed by atoms with van der Waals surface area (Å²) in [4.78, 5) is 14.2. The van der Waals surface area contributed by atoms with Crippen LogP contribution in [-0.2, 0) is 11.2 Å². The lowest BCUT2D eigenvalue weighted by Gasteiger charge is -2.49. The molecule has 6 atom stereocenters. The molecule has 2 aromatic carbocycles. The lowest BCUT2D eigenvalue weighted by Crippen LogP contribution is -2.46. The van der Waals surface area contributed by atoms with E-state index in [1.807, 2.05) is 55.4 Å². The number of fused-ring (bicyclic) bond motifs is 4. The first-order chi connectivity index (χ1) is 16.4. The Bertz CT molecular complexity index is 1080. The fourth-order valence-electron chi connectivity index (χ4n) is 7.70. The Morgan fingerprint density at radius 2 is 1.94 bits per heavy atom. The molecule has 3 saturated carbocycles. The van der Waals surface area contributed by atoms with Crippen LogP contribution in [0.15, 0.2) is 42.5 Å². The van der Waals surface area contributed by atoms with Gasteiger partial charge in [-0.1, -0.05) is 6.07 Å². The van der Waals surface area contributed by atoms with E-state index in [0.717, 1.165) is 42.7 Å². The van der Waals surface area contributed by atoms with Crippen LogP contribution in [0.1, 0.15) is 55.6 Å². The monoisotopic (exact) mass is 460 g/mol. The number of hydrogen-bond donors (Lipinski definition) is 2. The number of ether oxygens (including phenoxy) is 1. The second-order valence-electron chi connectivity index (χ2n) is 11.4. The van der Waals surface area contributed by atoms with Crippen molar-refractivity contribution < 1.29 is 14.6 Å². The summed E-state index contributed by atoms with van der Waals surface area (Å²) in [6.45, 7) is 0.736. The zero-order valence-electron chi connectivity index (χ0n) is 20.3. The predicted octanol–water partition coefficient (Wildman–Crippen LogP) is 5.20. The largest absolute Gasteiger partial charge is 0.508 e. The van der Waals surface area contributed by atoms with Gasteiger partial charge in [0.1, 0.15) is 17.6 Å². The first-order valence-corrected chi connectivity index (χ1v) is 13.0. The molecule has 0 aliphatic heterocycles. The number of nitrogens with one attached hydrogen (secondary N) is 1. The molecular weight excluding hydrogens is 424 g/mol. The van der Waals surface area contributed by atoms with Gasteiger partial charge in [0.25, 0.3) is 0 Å². The van der Waals surface area contributed by atoms with E-state index in [0.29, 0.717) is 29.4 Å². The maximum Gasteiger partial charge on any atom is 0.225 e. The molecule has 0 bridgehead atoms. The molecule has 6 rings (SSSR count). The van der Waals surface area contributed by atoms with Crippen molar-refractivity contribution >= 4 is 11.6 Å². The van der Waals surface area contributed by atoms with Gasteiger partial charge in [0.05, 0.1) is 0 Å². The summed E-state index contributed by atoms with van der Waals surface area (Å²) >= 11 is 0. The van der Waals surface area contributed by atoms with E-state index in [1.165, 1.54) is 36.8 Å². The Morgan fingerprint density at radius 3 is 2.71 bits per heavy atom. The maximum atomic E-state index is 12.2. The number of benzene rings is 2. The number of nitrogens with zero attached hydrogens (tertiary/aromatic N) is 1. The molecule has 0 saturated heterocycles. The van der Waals surface area contributed by atoms with Crippen molar-refractivity contribution in [3.05, 3.63) is 53.6 Å². The molecule has 2 N–H and O–H groups in total. The van der Waals surface area contributed by atoms with Crippen LogP contribution in [0.2, 0.25) is 0 Å². The van der Waals surface area contributed by atoms with Gasteiger partial charge in [0, 0.05) is 24.6 Å². The maximum absolute atomic E-state index is 12.2. The molecule has 2 aromatic rings. The summed E-state index contributed by atoms with van der Waals surface area (Å²) in [6, 6.07) is 13.9. The van der Waals surface area contributed by atoms with E-state index in [1.54, 1.807) is 0 Å². The van der Waals surface area contributed by atoms with Crippen LogP contribution in [0.5, 0.6) is 11.5 Å². The molecule has 5 nitrogen and oxygen atoms in total. The minimum Gasteiger partial charge on any atom is -0.508 e. The molecular formula is C29H36N2O3. The van der Waals surface area contributed by atoms with E-state index in [4.69, 9.17) is 4.74 Å². The Labute approximate surface area is 202 Å². The van der Waals surface area contributed by atoms with E-state index < -0.39 is 0 Å². The first kappa shape index (κ1) is 22.0. The Kier molecular flexibility index (Phi) is 5.36. The molecule has 0 aromatic heterocycles. The molecule has 1 amide bonds. The van der Waals surface area contributed by atoms with Gasteiger partial charge in [-0.05, 0) is 123 Å². The van der Waals surface area contributed by atoms with Crippen molar-refractivity contribution in [3.8, 4) is 11.5 Å². The van der Waals surface area contributed by atoms with Crippen molar-refractivity contribution in [2.75, 3.05) is 26.0 Å². The summed E-state index contributed by atoms with van der Waals surface area (Å²) in [5.41, 5.74) is 4.02. The van der Waals surface area contributed by atoms with Crippen molar-refractivity contribution in [1.29, 1.82) is 0 Å². The van der Waals surface area contributed by atoms with Crippen molar-refractivity contribution in [2.45, 2.75) is 57.0 Å². The summed E-state index contributed by atoms with van der Waals surface area (Å²) < 4.78 is 6.77. The average molecular weight is 461 g/mol. The molecule has 4 aliphatic rings. The number of phenols is 1. The molecule has 34 heavy (non-hydrogen) atoms. The number of aromatic hydroxyl groups is 1. The molecule has 1 spiro atoms. The summed E-state index contributed by atoms with van der Waals surface area (Å²) in [6.07, 6.45) is 8.23. The number of carbonyl (C=O) groups excluding carboxylic acids is 1. The lowest BCUT2D eigenvalue weighted by atomic mass is 9.57. The molecule has 180 valence electrons. The van der Waals surface area contributed by atoms with Crippen molar-refractivity contribution in [1.82, 2.24) is 4.90 Å². The quantitative estimate of drug-likeness (QED) is 0.622. The zero-order valence-corrected chi connectivity index (χ0v) is 20.3. The summed E-state index contributed by atoms with van der Waals surface area (Å²) in [5, 5.41) is 13.1. The second-order valence-corrected chi connectivity index (χ2v) is 11.4. The van der Waals surface area contributed by atoms with Gasteiger partial charge in [0.2, 0.25) is 5.91 Å². The van der Waals surface area contributed by atoms with Gasteiger partial charge in [-0.2, -0.15) is 0 Å². The van der Waals surface area contributed by atoms with Crippen LogP contribution in [0.3, 0.4) is 0 Å². The smallest absolute Gasteiger partial charge is 0.225 e. The highest BCUT2D eigenvalue weighted by Crippen LogP contribution is 2.75. The van der Waals surface area contributed by atoms with Crippen LogP contribution in [0.25, 0.3) is 0 Å². The minimum absolute atomic E-state index is 0.0331. The third kappa shape index (κ3) is 3.78. The fraction of sp³-hybridized carbons (Fsp3) is 0.552. The fourth-order valence-corrected chi connectivity index (χ4v) is 7.70. The Balaban J connectivity index is 1.22. The highest BCUT2D eigenvalue weighted by Gasteiger charge is 2.68. The number of aryl methyl sites for hydroxylation is 1. The molecule has 4 unspecified atom stereocenters. The number of phenolic OH excluding ortho intramolecular Hbond substituents is 1. The molecule has 4 aliphatic carbocycles. The molecule has 3 fully saturated rings. The third-order valence-corrected chi connectivity index (χ3v) is 9.25. The third-order valence-electron chi connectivity index (χ3n) is 9.25. The standard InChI is InChI=1S/C29H36N2O3/c1-31(2)14-13-27(33)30-20-5-8-22(9-6-20)34-26-17-29-16-19(29)4-12-25(29)24-10-3-18-15-21(32)7-11-23(18)28(24)26/h5-9,11,15,19,24-26,28,32H,3-4,10,12-14,16-17H2,1-2H3,(H,30,33)/t19?,24?,25?,26-,28+,29?/m0/s1. The summed E-state index contributed by atoms with van der Waals surface area (Å²) in [5.74, 6) is 4.10.